The second-order valence-corrected chi connectivity index (χ2v) is 7.03. The van der Waals surface area contributed by atoms with Crippen LogP contribution in [0.4, 0.5) is 0 Å². The number of carbonyl (C=O) groups excluding carboxylic acids is 1. The van der Waals surface area contributed by atoms with E-state index in [9.17, 15) is 10.1 Å². The first-order valence-corrected chi connectivity index (χ1v) is 10.1. The van der Waals surface area contributed by atoms with Crippen LogP contribution in [0.5, 0.6) is 5.75 Å². The number of aromatic amines is 1. The molecule has 0 amide bonds. The van der Waals surface area contributed by atoms with E-state index < -0.39 is 5.97 Å². The van der Waals surface area contributed by atoms with E-state index >= 15 is 0 Å². The number of aromatic nitrogens is 3. The van der Waals surface area contributed by atoms with Crippen molar-refractivity contribution in [3.8, 4) is 11.8 Å². The Morgan fingerprint density at radius 2 is 2.03 bits per heavy atom. The number of hydrogen-bond acceptors (Lipinski definition) is 5. The van der Waals surface area contributed by atoms with Crippen LogP contribution in [0, 0.1) is 11.3 Å². The Morgan fingerprint density at radius 3 is 2.81 bits per heavy atom. The van der Waals surface area contributed by atoms with Gasteiger partial charge in [0.25, 0.3) is 0 Å². The van der Waals surface area contributed by atoms with E-state index in [1.165, 1.54) is 0 Å². The third-order valence-corrected chi connectivity index (χ3v) is 5.18. The zero-order chi connectivity index (χ0) is 22.5. The summed E-state index contributed by atoms with van der Waals surface area (Å²) in [6.45, 7) is 5.53. The number of benzene rings is 2. The van der Waals surface area contributed by atoms with Crippen molar-refractivity contribution in [2.24, 2.45) is 0 Å². The topological polar surface area (TPSA) is 91.7 Å². The number of esters is 1. The van der Waals surface area contributed by atoms with Gasteiger partial charge >= 0.3 is 5.97 Å². The van der Waals surface area contributed by atoms with Gasteiger partial charge in [-0.3, -0.25) is 10.1 Å². The highest BCUT2D eigenvalue weighted by atomic mass is 16.5. The lowest BCUT2D eigenvalue weighted by atomic mass is 9.86. The van der Waals surface area contributed by atoms with E-state index in [-0.39, 0.29) is 0 Å². The van der Waals surface area contributed by atoms with Crippen molar-refractivity contribution >= 4 is 28.0 Å². The van der Waals surface area contributed by atoms with E-state index in [1.54, 1.807) is 24.7 Å². The molecule has 156 valence electrons. The van der Waals surface area contributed by atoms with Crippen molar-refractivity contribution in [2.75, 3.05) is 0 Å². The number of fused-ring (bicyclic) bond motifs is 1. The van der Waals surface area contributed by atoms with Gasteiger partial charge in [-0.2, -0.15) is 10.4 Å². The predicted molar refractivity (Wildman–Crippen MR) is 124 cm³/mol. The Balaban J connectivity index is 2.06. The summed E-state index contributed by atoms with van der Waals surface area (Å²) in [4.78, 5) is 16.1. The number of rotatable bonds is 6. The maximum absolute atomic E-state index is 12.0. The molecule has 32 heavy (non-hydrogen) atoms. The number of H-pyrrole nitrogens is 1. The number of carbonyl (C=O) groups is 1. The zero-order valence-corrected chi connectivity index (χ0v) is 17.5. The van der Waals surface area contributed by atoms with Crippen LogP contribution in [0.2, 0.25) is 0 Å². The average Bonchev–Trinajstić information content (AvgIpc) is 3.31. The molecule has 0 saturated carbocycles. The Morgan fingerprint density at radius 1 is 1.19 bits per heavy atom. The van der Waals surface area contributed by atoms with Crippen LogP contribution in [-0.2, 0) is 4.79 Å². The predicted octanol–water partition coefficient (Wildman–Crippen LogP) is 5.29. The highest BCUT2D eigenvalue weighted by molar-refractivity contribution is 6.02. The first-order chi connectivity index (χ1) is 15.7. The third-order valence-electron chi connectivity index (χ3n) is 5.18. The molecule has 0 spiro atoms. The third kappa shape index (κ3) is 3.92. The molecule has 0 aliphatic rings. The summed E-state index contributed by atoms with van der Waals surface area (Å²) in [5.74, 6) is -0.125. The first kappa shape index (κ1) is 20.8. The molecule has 0 unspecified atom stereocenters. The number of nitrogens with one attached hydrogen (secondary N) is 1. The van der Waals surface area contributed by atoms with Gasteiger partial charge in [0.1, 0.15) is 11.8 Å². The van der Waals surface area contributed by atoms with Crippen molar-refractivity contribution in [1.82, 2.24) is 15.2 Å². The normalized spacial score (nSPS) is 11.5. The van der Waals surface area contributed by atoms with Gasteiger partial charge in [-0.15, -0.1) is 0 Å². The van der Waals surface area contributed by atoms with Crippen molar-refractivity contribution in [1.29, 1.82) is 5.26 Å². The SMILES string of the molecule is C=CC(=O)Oc1ccccc1/C(=C(\CC)c1ccncc1C#N)c1ccc2[nH]ncc2c1. The van der Waals surface area contributed by atoms with Crippen molar-refractivity contribution < 1.29 is 9.53 Å². The molecule has 0 aliphatic carbocycles. The molecule has 0 bridgehead atoms. The number of ether oxygens (including phenoxy) is 1. The van der Waals surface area contributed by atoms with Gasteiger partial charge in [-0.1, -0.05) is 37.8 Å². The zero-order valence-electron chi connectivity index (χ0n) is 17.5. The fourth-order valence-corrected chi connectivity index (χ4v) is 3.75. The fourth-order valence-electron chi connectivity index (χ4n) is 3.75. The minimum Gasteiger partial charge on any atom is -0.423 e. The number of para-hydroxylation sites is 1. The molecule has 0 fully saturated rings. The van der Waals surface area contributed by atoms with Gasteiger partial charge in [-0.25, -0.2) is 4.79 Å². The number of nitrogens with zero attached hydrogens (tertiary/aromatic N) is 3. The average molecular weight is 420 g/mol. The molecule has 0 aliphatic heterocycles. The Labute approximate surface area is 185 Å². The van der Waals surface area contributed by atoms with Gasteiger partial charge in [0, 0.05) is 29.4 Å². The van der Waals surface area contributed by atoms with E-state index in [0.29, 0.717) is 17.7 Å². The second kappa shape index (κ2) is 9.11. The first-order valence-electron chi connectivity index (χ1n) is 10.1. The summed E-state index contributed by atoms with van der Waals surface area (Å²) in [6.07, 6.45) is 6.77. The summed E-state index contributed by atoms with van der Waals surface area (Å²) in [7, 11) is 0. The molecule has 0 radical (unpaired) electrons. The quantitative estimate of drug-likeness (QED) is 0.260. The van der Waals surface area contributed by atoms with E-state index in [1.807, 2.05) is 49.4 Å². The van der Waals surface area contributed by atoms with Crippen molar-refractivity contribution in [3.05, 3.63) is 102 Å². The maximum atomic E-state index is 12.0. The molecule has 6 nitrogen and oxygen atoms in total. The minimum atomic E-state index is -0.540. The minimum absolute atomic E-state index is 0.415. The molecule has 4 aromatic rings. The van der Waals surface area contributed by atoms with E-state index in [0.717, 1.165) is 44.8 Å². The van der Waals surface area contributed by atoms with Crippen LogP contribution in [0.3, 0.4) is 0 Å². The summed E-state index contributed by atoms with van der Waals surface area (Å²) < 4.78 is 5.57. The Hall–Kier alpha value is -4.50. The molecular weight excluding hydrogens is 400 g/mol. The molecular formula is C26H20N4O2. The van der Waals surface area contributed by atoms with Crippen LogP contribution in [0.1, 0.15) is 35.6 Å². The lowest BCUT2D eigenvalue weighted by Crippen LogP contribution is -2.06. The van der Waals surface area contributed by atoms with E-state index in [4.69, 9.17) is 4.74 Å². The van der Waals surface area contributed by atoms with Crippen LogP contribution in [0.25, 0.3) is 22.0 Å². The lowest BCUT2D eigenvalue weighted by Gasteiger charge is -2.19. The van der Waals surface area contributed by atoms with Crippen LogP contribution < -0.4 is 4.74 Å². The molecule has 2 aromatic carbocycles. The highest BCUT2D eigenvalue weighted by Crippen LogP contribution is 2.40. The van der Waals surface area contributed by atoms with Gasteiger partial charge in [0.15, 0.2) is 0 Å². The lowest BCUT2D eigenvalue weighted by molar-refractivity contribution is -0.128. The second-order valence-electron chi connectivity index (χ2n) is 7.03. The fraction of sp³-hybridized carbons (Fsp3) is 0.0769. The maximum Gasteiger partial charge on any atom is 0.335 e. The molecule has 6 heteroatoms. The molecule has 4 rings (SSSR count). The molecule has 0 atom stereocenters. The van der Waals surface area contributed by atoms with Crippen molar-refractivity contribution in [3.63, 3.8) is 0 Å². The number of allylic oxidation sites excluding steroid dienone is 1. The van der Waals surface area contributed by atoms with Crippen LogP contribution in [0.15, 0.2) is 79.8 Å². The summed E-state index contributed by atoms with van der Waals surface area (Å²) in [5, 5.41) is 17.7. The Bertz CT molecular complexity index is 1390. The van der Waals surface area contributed by atoms with Crippen LogP contribution in [-0.4, -0.2) is 21.2 Å². The van der Waals surface area contributed by atoms with Gasteiger partial charge in [0.05, 0.1) is 17.3 Å². The molecule has 2 aromatic heterocycles. The molecule has 1 N–H and O–H groups in total. The van der Waals surface area contributed by atoms with Crippen LogP contribution >= 0.6 is 0 Å². The van der Waals surface area contributed by atoms with Gasteiger partial charge in [-0.05, 0) is 53.0 Å². The summed E-state index contributed by atoms with van der Waals surface area (Å²) in [6, 6.07) is 17.4. The summed E-state index contributed by atoms with van der Waals surface area (Å²) >= 11 is 0. The van der Waals surface area contributed by atoms with E-state index in [2.05, 4.69) is 27.8 Å². The summed E-state index contributed by atoms with van der Waals surface area (Å²) in [5.41, 5.74) is 5.64. The Kier molecular flexibility index (Phi) is 5.91. The monoisotopic (exact) mass is 420 g/mol. The number of pyridine rings is 1. The van der Waals surface area contributed by atoms with Crippen molar-refractivity contribution in [2.45, 2.75) is 13.3 Å². The molecule has 0 saturated heterocycles. The smallest absolute Gasteiger partial charge is 0.335 e. The standard InChI is InChI=1S/C26H20N4O2/c1-3-20(21-11-12-28-15-19(21)14-27)26(17-9-10-23-18(13-17)16-29-30-23)22-7-5-6-8-24(22)32-25(31)4-2/h4-13,15-16H,2-3H2,1H3,(H,29,30)/b26-20+. The molecule has 2 heterocycles. The highest BCUT2D eigenvalue weighted by Gasteiger charge is 2.20. The van der Waals surface area contributed by atoms with Gasteiger partial charge < -0.3 is 4.74 Å². The number of nitriles is 1. The largest absolute Gasteiger partial charge is 0.423 e. The van der Waals surface area contributed by atoms with Gasteiger partial charge in [0.2, 0.25) is 0 Å². The number of hydrogen-bond donors (Lipinski definition) is 1.